The molecular formula is C14H9Cl2NO3. The number of para-hydroxylation sites is 1. The molecule has 0 spiro atoms. The zero-order chi connectivity index (χ0) is 14.4. The number of fused-ring (bicyclic) bond motifs is 1. The Morgan fingerprint density at radius 2 is 1.85 bits per heavy atom. The molecule has 1 heterocycles. The number of aromatic hydroxyl groups is 2. The zero-order valence-electron chi connectivity index (χ0n) is 10.1. The number of benzene rings is 2. The summed E-state index contributed by atoms with van der Waals surface area (Å²) in [5, 5.41) is 19.2. The van der Waals surface area contributed by atoms with Crippen LogP contribution in [0.1, 0.15) is 5.56 Å². The predicted molar refractivity (Wildman–Crippen MR) is 77.1 cm³/mol. The van der Waals surface area contributed by atoms with Gasteiger partial charge in [0.05, 0.1) is 22.8 Å². The number of carbonyl (C=O) groups is 1. The highest BCUT2D eigenvalue weighted by atomic mass is 35.5. The van der Waals surface area contributed by atoms with Crippen molar-refractivity contribution < 1.29 is 15.0 Å². The molecule has 1 aliphatic rings. The van der Waals surface area contributed by atoms with E-state index in [9.17, 15) is 15.0 Å². The van der Waals surface area contributed by atoms with Gasteiger partial charge in [-0.05, 0) is 11.6 Å². The Balaban J connectivity index is 2.25. The molecule has 0 radical (unpaired) electrons. The van der Waals surface area contributed by atoms with E-state index in [-0.39, 0.29) is 28.1 Å². The standard InChI is InChI=1S/C14H9Cl2NO3/c15-8-6-10(18)14(20)12(16)13(8)17-9-4-2-1-3-7(9)5-11(17)19/h1-4,6,18,20H,5H2. The molecule has 4 nitrogen and oxygen atoms in total. The molecule has 2 aromatic rings. The Bertz CT molecular complexity index is 731. The molecule has 0 saturated carbocycles. The highest BCUT2D eigenvalue weighted by Gasteiger charge is 2.32. The summed E-state index contributed by atoms with van der Waals surface area (Å²) < 4.78 is 0. The molecule has 2 N–H and O–H groups in total. The number of amides is 1. The molecule has 6 heteroatoms. The van der Waals surface area contributed by atoms with Gasteiger partial charge in [0.15, 0.2) is 11.5 Å². The van der Waals surface area contributed by atoms with E-state index in [4.69, 9.17) is 23.2 Å². The lowest BCUT2D eigenvalue weighted by Gasteiger charge is -2.21. The van der Waals surface area contributed by atoms with Crippen molar-refractivity contribution in [3.63, 3.8) is 0 Å². The lowest BCUT2D eigenvalue weighted by molar-refractivity contribution is -0.116. The summed E-state index contributed by atoms with van der Waals surface area (Å²) >= 11 is 12.1. The van der Waals surface area contributed by atoms with Crippen LogP contribution in [0.15, 0.2) is 30.3 Å². The summed E-state index contributed by atoms with van der Waals surface area (Å²) in [7, 11) is 0. The zero-order valence-corrected chi connectivity index (χ0v) is 11.6. The summed E-state index contributed by atoms with van der Waals surface area (Å²) in [6.07, 6.45) is 0.241. The first-order chi connectivity index (χ1) is 9.50. The quantitative estimate of drug-likeness (QED) is 0.791. The van der Waals surface area contributed by atoms with Gasteiger partial charge in [0.1, 0.15) is 5.02 Å². The van der Waals surface area contributed by atoms with Crippen LogP contribution in [0, 0.1) is 0 Å². The molecular weight excluding hydrogens is 301 g/mol. The van der Waals surface area contributed by atoms with Crippen LogP contribution in [0.2, 0.25) is 10.0 Å². The minimum atomic E-state index is -0.497. The SMILES string of the molecule is O=C1Cc2ccccc2N1c1c(Cl)cc(O)c(O)c1Cl. The van der Waals surface area contributed by atoms with Crippen molar-refractivity contribution in [3.05, 3.63) is 45.9 Å². The number of halogens is 2. The number of hydrogen-bond acceptors (Lipinski definition) is 3. The fourth-order valence-electron chi connectivity index (χ4n) is 2.29. The molecule has 0 fully saturated rings. The number of rotatable bonds is 1. The van der Waals surface area contributed by atoms with Gasteiger partial charge in [-0.15, -0.1) is 0 Å². The van der Waals surface area contributed by atoms with Crippen molar-refractivity contribution in [2.24, 2.45) is 0 Å². The van der Waals surface area contributed by atoms with Crippen molar-refractivity contribution in [3.8, 4) is 11.5 Å². The van der Waals surface area contributed by atoms with E-state index in [0.717, 1.165) is 11.6 Å². The van der Waals surface area contributed by atoms with E-state index in [0.29, 0.717) is 5.69 Å². The highest BCUT2D eigenvalue weighted by Crippen LogP contribution is 2.49. The van der Waals surface area contributed by atoms with E-state index < -0.39 is 11.5 Å². The molecule has 20 heavy (non-hydrogen) atoms. The summed E-state index contributed by atoms with van der Waals surface area (Å²) in [6, 6.07) is 8.41. The van der Waals surface area contributed by atoms with Crippen LogP contribution in [0.4, 0.5) is 11.4 Å². The first-order valence-corrected chi connectivity index (χ1v) is 6.57. The van der Waals surface area contributed by atoms with Crippen LogP contribution in [0.5, 0.6) is 11.5 Å². The summed E-state index contributed by atoms with van der Waals surface area (Å²) in [4.78, 5) is 13.6. The van der Waals surface area contributed by atoms with Gasteiger partial charge in [-0.3, -0.25) is 9.69 Å². The molecule has 0 atom stereocenters. The molecule has 0 aromatic heterocycles. The number of nitrogens with zero attached hydrogens (tertiary/aromatic N) is 1. The third-order valence-corrected chi connectivity index (χ3v) is 3.84. The van der Waals surface area contributed by atoms with Crippen LogP contribution < -0.4 is 4.90 Å². The first-order valence-electron chi connectivity index (χ1n) is 5.81. The maximum Gasteiger partial charge on any atom is 0.236 e. The Kier molecular flexibility index (Phi) is 3.00. The Labute approximate surface area is 124 Å². The monoisotopic (exact) mass is 309 g/mol. The van der Waals surface area contributed by atoms with Gasteiger partial charge in [-0.2, -0.15) is 0 Å². The maximum atomic E-state index is 12.2. The largest absolute Gasteiger partial charge is 0.504 e. The van der Waals surface area contributed by atoms with Crippen LogP contribution in [-0.4, -0.2) is 16.1 Å². The number of anilines is 2. The molecule has 0 unspecified atom stereocenters. The van der Waals surface area contributed by atoms with E-state index in [1.165, 1.54) is 4.90 Å². The topological polar surface area (TPSA) is 60.8 Å². The lowest BCUT2D eigenvalue weighted by atomic mass is 10.2. The molecule has 0 aliphatic carbocycles. The van der Waals surface area contributed by atoms with Crippen molar-refractivity contribution in [1.82, 2.24) is 0 Å². The van der Waals surface area contributed by atoms with E-state index in [1.54, 1.807) is 12.1 Å². The second-order valence-corrected chi connectivity index (χ2v) is 5.21. The van der Waals surface area contributed by atoms with E-state index in [2.05, 4.69) is 0 Å². The molecule has 0 saturated heterocycles. The minimum Gasteiger partial charge on any atom is -0.504 e. The molecule has 3 rings (SSSR count). The minimum absolute atomic E-state index is 0.0929. The van der Waals surface area contributed by atoms with Crippen molar-refractivity contribution >= 4 is 40.5 Å². The Morgan fingerprint density at radius 1 is 1.15 bits per heavy atom. The van der Waals surface area contributed by atoms with Gasteiger partial charge in [-0.1, -0.05) is 41.4 Å². The molecule has 0 bridgehead atoms. The van der Waals surface area contributed by atoms with Gasteiger partial charge in [0, 0.05) is 6.07 Å². The molecule has 102 valence electrons. The van der Waals surface area contributed by atoms with Crippen molar-refractivity contribution in [2.75, 3.05) is 4.90 Å². The first kappa shape index (κ1) is 13.1. The second kappa shape index (κ2) is 4.58. The smallest absolute Gasteiger partial charge is 0.236 e. The summed E-state index contributed by atoms with van der Waals surface area (Å²) in [5.74, 6) is -1.12. The van der Waals surface area contributed by atoms with Gasteiger partial charge >= 0.3 is 0 Å². The van der Waals surface area contributed by atoms with Gasteiger partial charge in [0.25, 0.3) is 0 Å². The Hall–Kier alpha value is -1.91. The fraction of sp³-hybridized carbons (Fsp3) is 0.0714. The summed E-state index contributed by atoms with van der Waals surface area (Å²) in [5.41, 5.74) is 1.71. The van der Waals surface area contributed by atoms with Gasteiger partial charge in [-0.25, -0.2) is 0 Å². The summed E-state index contributed by atoms with van der Waals surface area (Å²) in [6.45, 7) is 0. The van der Waals surface area contributed by atoms with E-state index in [1.807, 2.05) is 12.1 Å². The van der Waals surface area contributed by atoms with Crippen LogP contribution in [0.25, 0.3) is 0 Å². The van der Waals surface area contributed by atoms with Gasteiger partial charge < -0.3 is 10.2 Å². The van der Waals surface area contributed by atoms with E-state index >= 15 is 0 Å². The Morgan fingerprint density at radius 3 is 2.60 bits per heavy atom. The number of hydrogen-bond donors (Lipinski definition) is 2. The number of phenolic OH excluding ortho intramolecular Hbond substituents is 2. The number of carbonyl (C=O) groups excluding carboxylic acids is 1. The molecule has 1 aliphatic heterocycles. The normalized spacial score (nSPS) is 13.7. The van der Waals surface area contributed by atoms with Gasteiger partial charge in [0.2, 0.25) is 5.91 Å². The third kappa shape index (κ3) is 1.80. The molecule has 1 amide bonds. The van der Waals surface area contributed by atoms with Crippen molar-refractivity contribution in [1.29, 1.82) is 0 Å². The van der Waals surface area contributed by atoms with Crippen LogP contribution >= 0.6 is 23.2 Å². The second-order valence-electron chi connectivity index (χ2n) is 4.42. The average molecular weight is 310 g/mol. The predicted octanol–water partition coefficient (Wildman–Crippen LogP) is 3.63. The van der Waals surface area contributed by atoms with Crippen LogP contribution in [-0.2, 0) is 11.2 Å². The van der Waals surface area contributed by atoms with Crippen LogP contribution in [0.3, 0.4) is 0 Å². The highest BCUT2D eigenvalue weighted by molar-refractivity contribution is 6.41. The maximum absolute atomic E-state index is 12.2. The number of phenols is 2. The van der Waals surface area contributed by atoms with Crippen molar-refractivity contribution in [2.45, 2.75) is 6.42 Å². The lowest BCUT2D eigenvalue weighted by Crippen LogP contribution is -2.21. The molecule has 2 aromatic carbocycles. The fourth-order valence-corrected chi connectivity index (χ4v) is 2.90. The average Bonchev–Trinajstić information content (AvgIpc) is 2.73. The third-order valence-electron chi connectivity index (χ3n) is 3.20.